The standard InChI is InChI=1S/C17H17NO5/c1-16(2)18-15(21)17(23-16)9-13(8-12(17)10-19)22-14(20)11-6-4-3-5-7-11/h3-8,10,13H,9H2,1-2H3,(H,18,21)/t13-,17+/m0/s1. The normalized spacial score (nSPS) is 28.3. The monoisotopic (exact) mass is 315 g/mol. The molecular weight excluding hydrogens is 298 g/mol. The van der Waals surface area contributed by atoms with Gasteiger partial charge in [0, 0.05) is 12.0 Å². The number of nitrogens with one attached hydrogen (secondary N) is 1. The number of carbonyl (C=O) groups excluding carboxylic acids is 3. The van der Waals surface area contributed by atoms with Crippen molar-refractivity contribution in [1.82, 2.24) is 5.32 Å². The van der Waals surface area contributed by atoms with Crippen LogP contribution in [0.5, 0.6) is 0 Å². The second kappa shape index (κ2) is 5.31. The van der Waals surface area contributed by atoms with E-state index in [0.29, 0.717) is 11.8 Å². The second-order valence-electron chi connectivity index (χ2n) is 6.15. The van der Waals surface area contributed by atoms with Crippen LogP contribution < -0.4 is 5.32 Å². The lowest BCUT2D eigenvalue weighted by Crippen LogP contribution is -2.41. The van der Waals surface area contributed by atoms with E-state index in [9.17, 15) is 14.4 Å². The molecule has 1 N–H and O–H groups in total. The van der Waals surface area contributed by atoms with Gasteiger partial charge >= 0.3 is 5.97 Å². The highest BCUT2D eigenvalue weighted by atomic mass is 16.6. The summed E-state index contributed by atoms with van der Waals surface area (Å²) in [6.07, 6.45) is 1.46. The first-order valence-corrected chi connectivity index (χ1v) is 7.33. The largest absolute Gasteiger partial charge is 0.454 e. The van der Waals surface area contributed by atoms with E-state index >= 15 is 0 Å². The molecule has 0 bridgehead atoms. The zero-order chi connectivity index (χ0) is 16.7. The summed E-state index contributed by atoms with van der Waals surface area (Å²) in [6.45, 7) is 3.40. The van der Waals surface area contributed by atoms with E-state index in [-0.39, 0.29) is 17.9 Å². The van der Waals surface area contributed by atoms with E-state index in [1.165, 1.54) is 6.08 Å². The molecule has 23 heavy (non-hydrogen) atoms. The summed E-state index contributed by atoms with van der Waals surface area (Å²) in [5.41, 5.74) is -1.66. The summed E-state index contributed by atoms with van der Waals surface area (Å²) in [7, 11) is 0. The minimum Gasteiger partial charge on any atom is -0.454 e. The molecule has 1 amide bonds. The lowest BCUT2D eigenvalue weighted by molar-refractivity contribution is -0.135. The van der Waals surface area contributed by atoms with E-state index in [2.05, 4.69) is 5.32 Å². The number of carbonyl (C=O) groups is 3. The van der Waals surface area contributed by atoms with Crippen LogP contribution in [-0.4, -0.2) is 35.6 Å². The average molecular weight is 315 g/mol. The molecule has 120 valence electrons. The number of hydrogen-bond acceptors (Lipinski definition) is 5. The highest BCUT2D eigenvalue weighted by Gasteiger charge is 2.58. The van der Waals surface area contributed by atoms with Gasteiger partial charge in [-0.25, -0.2) is 4.79 Å². The van der Waals surface area contributed by atoms with Gasteiger partial charge < -0.3 is 14.8 Å². The highest BCUT2D eigenvalue weighted by molar-refractivity contribution is 5.99. The van der Waals surface area contributed by atoms with E-state index in [1.54, 1.807) is 44.2 Å². The zero-order valence-corrected chi connectivity index (χ0v) is 12.9. The number of hydrogen-bond donors (Lipinski definition) is 1. The minimum atomic E-state index is -1.38. The summed E-state index contributed by atoms with van der Waals surface area (Å²) >= 11 is 0. The zero-order valence-electron chi connectivity index (χ0n) is 12.9. The first-order valence-electron chi connectivity index (χ1n) is 7.33. The molecule has 1 aromatic carbocycles. The van der Waals surface area contributed by atoms with Crippen LogP contribution in [0.15, 0.2) is 42.0 Å². The van der Waals surface area contributed by atoms with Crippen molar-refractivity contribution in [2.75, 3.05) is 0 Å². The Bertz CT molecular complexity index is 694. The molecule has 0 unspecified atom stereocenters. The molecule has 1 spiro atoms. The Hall–Kier alpha value is -2.47. The van der Waals surface area contributed by atoms with Crippen LogP contribution in [0.2, 0.25) is 0 Å². The van der Waals surface area contributed by atoms with Gasteiger partial charge in [-0.15, -0.1) is 0 Å². The molecule has 1 heterocycles. The Morgan fingerprint density at radius 1 is 1.35 bits per heavy atom. The van der Waals surface area contributed by atoms with Gasteiger partial charge in [0.25, 0.3) is 5.91 Å². The molecule has 2 aliphatic rings. The molecule has 6 heteroatoms. The number of esters is 1. The number of ether oxygens (including phenoxy) is 2. The molecule has 1 aliphatic carbocycles. The Balaban J connectivity index is 1.80. The maximum Gasteiger partial charge on any atom is 0.338 e. The first kappa shape index (κ1) is 15.4. The van der Waals surface area contributed by atoms with Crippen LogP contribution in [-0.2, 0) is 19.1 Å². The molecule has 2 atom stereocenters. The first-order chi connectivity index (χ1) is 10.9. The Kier molecular flexibility index (Phi) is 3.56. The van der Waals surface area contributed by atoms with Gasteiger partial charge in [0.1, 0.15) is 18.1 Å². The summed E-state index contributed by atoms with van der Waals surface area (Å²) in [5.74, 6) is -0.897. The van der Waals surface area contributed by atoms with Crippen LogP contribution in [0.3, 0.4) is 0 Å². The summed E-state index contributed by atoms with van der Waals surface area (Å²) in [4.78, 5) is 35.8. The number of amides is 1. The van der Waals surface area contributed by atoms with Crippen LogP contribution >= 0.6 is 0 Å². The van der Waals surface area contributed by atoms with Crippen molar-refractivity contribution in [2.24, 2.45) is 0 Å². The van der Waals surface area contributed by atoms with Gasteiger partial charge in [-0.2, -0.15) is 0 Å². The Morgan fingerprint density at radius 3 is 2.61 bits per heavy atom. The van der Waals surface area contributed by atoms with Gasteiger partial charge in [0.05, 0.1) is 5.56 Å². The van der Waals surface area contributed by atoms with Crippen molar-refractivity contribution in [3.05, 3.63) is 47.5 Å². The molecule has 6 nitrogen and oxygen atoms in total. The predicted molar refractivity (Wildman–Crippen MR) is 80.4 cm³/mol. The van der Waals surface area contributed by atoms with Crippen LogP contribution in [0, 0.1) is 0 Å². The fourth-order valence-corrected chi connectivity index (χ4v) is 2.99. The number of rotatable bonds is 3. The van der Waals surface area contributed by atoms with Crippen LogP contribution in [0.4, 0.5) is 0 Å². The lowest BCUT2D eigenvalue weighted by Gasteiger charge is -2.25. The van der Waals surface area contributed by atoms with Crippen molar-refractivity contribution >= 4 is 18.2 Å². The molecule has 0 aromatic heterocycles. The van der Waals surface area contributed by atoms with E-state index < -0.39 is 23.4 Å². The van der Waals surface area contributed by atoms with Crippen molar-refractivity contribution < 1.29 is 23.9 Å². The lowest BCUT2D eigenvalue weighted by atomic mass is 9.95. The summed E-state index contributed by atoms with van der Waals surface area (Å²) in [6, 6.07) is 8.54. The van der Waals surface area contributed by atoms with Gasteiger partial charge in [0.2, 0.25) is 0 Å². The Labute approximate surface area is 133 Å². The summed E-state index contributed by atoms with van der Waals surface area (Å²) < 4.78 is 11.2. The summed E-state index contributed by atoms with van der Waals surface area (Å²) in [5, 5.41) is 2.69. The van der Waals surface area contributed by atoms with Gasteiger partial charge in [-0.3, -0.25) is 9.59 Å². The third-order valence-electron chi connectivity index (χ3n) is 3.93. The van der Waals surface area contributed by atoms with Crippen LogP contribution in [0.25, 0.3) is 0 Å². The molecule has 0 radical (unpaired) electrons. The topological polar surface area (TPSA) is 81.7 Å². The van der Waals surface area contributed by atoms with Crippen molar-refractivity contribution in [2.45, 2.75) is 37.7 Å². The van der Waals surface area contributed by atoms with E-state index in [4.69, 9.17) is 9.47 Å². The predicted octanol–water partition coefficient (Wildman–Crippen LogP) is 1.36. The molecule has 1 aliphatic heterocycles. The van der Waals surface area contributed by atoms with Crippen molar-refractivity contribution in [3.63, 3.8) is 0 Å². The van der Waals surface area contributed by atoms with E-state index in [1.807, 2.05) is 0 Å². The van der Waals surface area contributed by atoms with E-state index in [0.717, 1.165) is 0 Å². The fourth-order valence-electron chi connectivity index (χ4n) is 2.99. The molecule has 1 saturated heterocycles. The third-order valence-corrected chi connectivity index (χ3v) is 3.93. The minimum absolute atomic E-state index is 0.0922. The van der Waals surface area contributed by atoms with Crippen LogP contribution in [0.1, 0.15) is 30.6 Å². The number of benzene rings is 1. The quantitative estimate of drug-likeness (QED) is 0.673. The maximum atomic E-state index is 12.3. The van der Waals surface area contributed by atoms with Crippen molar-refractivity contribution in [1.29, 1.82) is 0 Å². The molecule has 3 rings (SSSR count). The Morgan fingerprint density at radius 2 is 2.04 bits per heavy atom. The SMILES string of the molecule is CC1(C)NC(=O)[C@]2(C[C@@H](OC(=O)c3ccccc3)C=C2C=O)O1. The molecule has 0 saturated carbocycles. The average Bonchev–Trinajstić information content (AvgIpc) is 2.96. The third kappa shape index (κ3) is 2.66. The van der Waals surface area contributed by atoms with Gasteiger partial charge in [-0.05, 0) is 32.1 Å². The van der Waals surface area contributed by atoms with Gasteiger partial charge in [-0.1, -0.05) is 18.2 Å². The van der Waals surface area contributed by atoms with Gasteiger partial charge in [0.15, 0.2) is 5.60 Å². The molecular formula is C17H17NO5. The number of aldehydes is 1. The fraction of sp³-hybridized carbons (Fsp3) is 0.353. The smallest absolute Gasteiger partial charge is 0.338 e. The highest BCUT2D eigenvalue weighted by Crippen LogP contribution is 2.41. The molecule has 1 aromatic rings. The second-order valence-corrected chi connectivity index (χ2v) is 6.15. The molecule has 1 fully saturated rings. The van der Waals surface area contributed by atoms with Crippen molar-refractivity contribution in [3.8, 4) is 0 Å². The maximum absolute atomic E-state index is 12.3.